The number of nitrogens with zero attached hydrogens (tertiary/aromatic N) is 1. The van der Waals surface area contributed by atoms with E-state index in [1.807, 2.05) is 30.3 Å². The fraction of sp³-hybridized carbons (Fsp3) is 0.333. The number of nitriles is 1. The summed E-state index contributed by atoms with van der Waals surface area (Å²) in [6, 6.07) is 11.6. The highest BCUT2D eigenvalue weighted by molar-refractivity contribution is 5.80. The molecule has 1 amide bonds. The smallest absolute Gasteiger partial charge is 0.239 e. The van der Waals surface area contributed by atoms with Gasteiger partial charge in [0, 0.05) is 12.2 Å². The Morgan fingerprint density at radius 1 is 1.44 bits per heavy atom. The van der Waals surface area contributed by atoms with E-state index in [4.69, 9.17) is 5.26 Å². The molecule has 0 aliphatic carbocycles. The number of rotatable bonds is 5. The Hall–Kier alpha value is -2.02. The Morgan fingerprint density at radius 3 is 2.75 bits per heavy atom. The Morgan fingerprint density at radius 2 is 2.12 bits per heavy atom. The molecule has 0 saturated carbocycles. The lowest BCUT2D eigenvalue weighted by Crippen LogP contribution is -2.32. The molecule has 1 aromatic rings. The molecular weight excluding hydrogens is 202 g/mol. The second-order valence-corrected chi connectivity index (χ2v) is 3.55. The molecule has 0 heterocycles. The summed E-state index contributed by atoms with van der Waals surface area (Å²) in [6.07, 6.45) is 0. The number of carbonyl (C=O) groups is 1. The van der Waals surface area contributed by atoms with Gasteiger partial charge in [-0.2, -0.15) is 5.26 Å². The third kappa shape index (κ3) is 4.47. The number of benzene rings is 1. The monoisotopic (exact) mass is 217 g/mol. The highest BCUT2D eigenvalue weighted by atomic mass is 16.1. The summed E-state index contributed by atoms with van der Waals surface area (Å²) in [6.45, 7) is 2.39. The molecule has 2 N–H and O–H groups in total. The van der Waals surface area contributed by atoms with Crippen molar-refractivity contribution in [1.82, 2.24) is 5.32 Å². The largest absolute Gasteiger partial charge is 0.376 e. The summed E-state index contributed by atoms with van der Waals surface area (Å²) in [5, 5.41) is 14.2. The fourth-order valence-corrected chi connectivity index (χ4v) is 1.11. The number of anilines is 1. The maximum Gasteiger partial charge on any atom is 0.239 e. The first kappa shape index (κ1) is 12.1. The molecule has 0 aliphatic heterocycles. The minimum absolute atomic E-state index is 0.106. The van der Waals surface area contributed by atoms with E-state index in [2.05, 4.69) is 16.7 Å². The molecule has 1 unspecified atom stereocenters. The average molecular weight is 217 g/mol. The van der Waals surface area contributed by atoms with Crippen LogP contribution in [0.2, 0.25) is 0 Å². The van der Waals surface area contributed by atoms with Gasteiger partial charge in [0.15, 0.2) is 0 Å². The van der Waals surface area contributed by atoms with Gasteiger partial charge in [0.2, 0.25) is 5.91 Å². The Labute approximate surface area is 95.3 Å². The lowest BCUT2D eigenvalue weighted by molar-refractivity contribution is -0.119. The van der Waals surface area contributed by atoms with Crippen LogP contribution in [-0.2, 0) is 4.79 Å². The van der Waals surface area contributed by atoms with Gasteiger partial charge in [-0.3, -0.25) is 4.79 Å². The summed E-state index contributed by atoms with van der Waals surface area (Å²) < 4.78 is 0. The van der Waals surface area contributed by atoms with Crippen LogP contribution in [0.15, 0.2) is 30.3 Å². The molecular formula is C12H15N3O. The average Bonchev–Trinajstić information content (AvgIpc) is 2.34. The molecule has 0 aromatic heterocycles. The Kier molecular flexibility index (Phi) is 4.87. The van der Waals surface area contributed by atoms with Gasteiger partial charge in [-0.25, -0.2) is 0 Å². The van der Waals surface area contributed by atoms with Crippen molar-refractivity contribution in [1.29, 1.82) is 5.26 Å². The third-order valence-corrected chi connectivity index (χ3v) is 2.05. The Bertz CT molecular complexity index is 370. The van der Waals surface area contributed by atoms with Crippen molar-refractivity contribution < 1.29 is 4.79 Å². The molecule has 0 fully saturated rings. The molecule has 0 bridgehead atoms. The highest BCUT2D eigenvalue weighted by Gasteiger charge is 2.03. The predicted molar refractivity (Wildman–Crippen MR) is 62.7 cm³/mol. The fourth-order valence-electron chi connectivity index (χ4n) is 1.11. The van der Waals surface area contributed by atoms with Crippen LogP contribution in [0.5, 0.6) is 0 Å². The maximum atomic E-state index is 11.4. The second-order valence-electron chi connectivity index (χ2n) is 3.55. The Balaban J connectivity index is 2.24. The molecule has 0 saturated heterocycles. The first-order valence-electron chi connectivity index (χ1n) is 5.17. The number of hydrogen-bond donors (Lipinski definition) is 2. The van der Waals surface area contributed by atoms with Gasteiger partial charge in [0.05, 0.1) is 18.5 Å². The van der Waals surface area contributed by atoms with Crippen molar-refractivity contribution in [3.8, 4) is 6.07 Å². The van der Waals surface area contributed by atoms with Crippen LogP contribution in [0, 0.1) is 17.2 Å². The van der Waals surface area contributed by atoms with E-state index in [0.29, 0.717) is 6.54 Å². The standard InChI is InChI=1S/C12H15N3O/c1-10(7-13)8-15-12(16)9-14-11-5-3-2-4-6-11/h2-6,10,14H,8-9H2,1H3,(H,15,16). The van der Waals surface area contributed by atoms with Gasteiger partial charge in [0.25, 0.3) is 0 Å². The van der Waals surface area contributed by atoms with E-state index in [1.54, 1.807) is 6.92 Å². The normalized spacial score (nSPS) is 11.2. The van der Waals surface area contributed by atoms with Crippen molar-refractivity contribution in [2.45, 2.75) is 6.92 Å². The molecule has 0 spiro atoms. The topological polar surface area (TPSA) is 64.9 Å². The van der Waals surface area contributed by atoms with E-state index >= 15 is 0 Å². The van der Waals surface area contributed by atoms with E-state index in [1.165, 1.54) is 0 Å². The van der Waals surface area contributed by atoms with Crippen LogP contribution >= 0.6 is 0 Å². The van der Waals surface area contributed by atoms with Crippen LogP contribution in [0.25, 0.3) is 0 Å². The van der Waals surface area contributed by atoms with Crippen molar-refractivity contribution in [2.75, 3.05) is 18.4 Å². The van der Waals surface area contributed by atoms with Crippen LogP contribution in [0.4, 0.5) is 5.69 Å². The highest BCUT2D eigenvalue weighted by Crippen LogP contribution is 2.03. The summed E-state index contributed by atoms with van der Waals surface area (Å²) in [7, 11) is 0. The minimum atomic E-state index is -0.152. The van der Waals surface area contributed by atoms with Gasteiger partial charge >= 0.3 is 0 Å². The zero-order valence-corrected chi connectivity index (χ0v) is 9.23. The molecule has 4 heteroatoms. The summed E-state index contributed by atoms with van der Waals surface area (Å²) in [4.78, 5) is 11.4. The van der Waals surface area contributed by atoms with Gasteiger partial charge in [-0.15, -0.1) is 0 Å². The van der Waals surface area contributed by atoms with Crippen molar-refractivity contribution >= 4 is 11.6 Å². The molecule has 84 valence electrons. The van der Waals surface area contributed by atoms with E-state index in [9.17, 15) is 4.79 Å². The van der Waals surface area contributed by atoms with Crippen molar-refractivity contribution in [3.63, 3.8) is 0 Å². The zero-order chi connectivity index (χ0) is 11.8. The van der Waals surface area contributed by atoms with E-state index in [0.717, 1.165) is 5.69 Å². The number of carbonyl (C=O) groups excluding carboxylic acids is 1. The lowest BCUT2D eigenvalue weighted by Gasteiger charge is -2.08. The lowest BCUT2D eigenvalue weighted by atomic mass is 10.2. The maximum absolute atomic E-state index is 11.4. The predicted octanol–water partition coefficient (Wildman–Crippen LogP) is 1.37. The quantitative estimate of drug-likeness (QED) is 0.783. The molecule has 0 aliphatic rings. The molecule has 0 radical (unpaired) electrons. The van der Waals surface area contributed by atoms with Gasteiger partial charge in [0.1, 0.15) is 0 Å². The van der Waals surface area contributed by atoms with Crippen LogP contribution < -0.4 is 10.6 Å². The molecule has 16 heavy (non-hydrogen) atoms. The number of amides is 1. The van der Waals surface area contributed by atoms with Gasteiger partial charge in [-0.05, 0) is 19.1 Å². The summed E-state index contributed by atoms with van der Waals surface area (Å²) >= 11 is 0. The van der Waals surface area contributed by atoms with Gasteiger partial charge < -0.3 is 10.6 Å². The zero-order valence-electron chi connectivity index (χ0n) is 9.23. The van der Waals surface area contributed by atoms with Crippen LogP contribution in [0.3, 0.4) is 0 Å². The van der Waals surface area contributed by atoms with E-state index in [-0.39, 0.29) is 18.4 Å². The van der Waals surface area contributed by atoms with Crippen molar-refractivity contribution in [2.24, 2.45) is 5.92 Å². The number of para-hydroxylation sites is 1. The minimum Gasteiger partial charge on any atom is -0.376 e. The van der Waals surface area contributed by atoms with Crippen molar-refractivity contribution in [3.05, 3.63) is 30.3 Å². The first-order valence-corrected chi connectivity index (χ1v) is 5.17. The molecule has 4 nitrogen and oxygen atoms in total. The first-order chi connectivity index (χ1) is 7.72. The SMILES string of the molecule is CC(C#N)CNC(=O)CNc1ccccc1. The summed E-state index contributed by atoms with van der Waals surface area (Å²) in [5.74, 6) is -0.258. The second kappa shape index (κ2) is 6.46. The van der Waals surface area contributed by atoms with Crippen LogP contribution in [0.1, 0.15) is 6.92 Å². The van der Waals surface area contributed by atoms with Gasteiger partial charge in [-0.1, -0.05) is 18.2 Å². The number of nitrogens with one attached hydrogen (secondary N) is 2. The molecule has 1 atom stereocenters. The molecule has 1 aromatic carbocycles. The van der Waals surface area contributed by atoms with E-state index < -0.39 is 0 Å². The number of hydrogen-bond acceptors (Lipinski definition) is 3. The summed E-state index contributed by atoms with van der Waals surface area (Å²) in [5.41, 5.74) is 0.908. The molecule has 1 rings (SSSR count). The van der Waals surface area contributed by atoms with Crippen LogP contribution in [-0.4, -0.2) is 19.0 Å². The third-order valence-electron chi connectivity index (χ3n) is 2.05.